The summed E-state index contributed by atoms with van der Waals surface area (Å²) in [6.07, 6.45) is 7.86. The number of hydrogen-bond donors (Lipinski definition) is 2. The number of pyridine rings is 1. The topological polar surface area (TPSA) is 147 Å². The average molecular weight is 614 g/mol. The summed E-state index contributed by atoms with van der Waals surface area (Å²) in [5.41, 5.74) is 4.66. The van der Waals surface area contributed by atoms with Crippen molar-refractivity contribution < 1.29 is 17.5 Å². The number of likely N-dealkylation sites (tertiary alicyclic amines) is 1. The third-order valence-corrected chi connectivity index (χ3v) is 8.33. The maximum absolute atomic E-state index is 14.0. The van der Waals surface area contributed by atoms with E-state index in [2.05, 4.69) is 20.2 Å². The van der Waals surface area contributed by atoms with E-state index in [4.69, 9.17) is 20.1 Å². The fourth-order valence-corrected chi connectivity index (χ4v) is 5.73. The quantitative estimate of drug-likeness (QED) is 0.188. The Morgan fingerprint density at radius 3 is 2.45 bits per heavy atom. The Labute approximate surface area is 256 Å². The van der Waals surface area contributed by atoms with Crippen LogP contribution < -0.4 is 15.2 Å². The number of aromatic nitrogens is 3. The number of nitrogens with one attached hydrogen (secondary N) is 1. The molecule has 1 fully saturated rings. The number of halogens is 1. The molecular formula is C32H32FN7O3S. The Morgan fingerprint density at radius 2 is 1.82 bits per heavy atom. The van der Waals surface area contributed by atoms with Gasteiger partial charge in [0.05, 0.1) is 16.5 Å². The van der Waals surface area contributed by atoms with Crippen LogP contribution in [0.1, 0.15) is 35.1 Å². The van der Waals surface area contributed by atoms with E-state index in [0.717, 1.165) is 48.2 Å². The van der Waals surface area contributed by atoms with Crippen LogP contribution in [0.15, 0.2) is 71.9 Å². The van der Waals surface area contributed by atoms with Crippen LogP contribution in [0.3, 0.4) is 0 Å². The van der Waals surface area contributed by atoms with Crippen molar-refractivity contribution in [3.8, 4) is 28.8 Å². The number of benzene rings is 2. The van der Waals surface area contributed by atoms with E-state index in [1.54, 1.807) is 30.5 Å². The minimum absolute atomic E-state index is 0.0997. The first-order valence-corrected chi connectivity index (χ1v) is 15.6. The van der Waals surface area contributed by atoms with Gasteiger partial charge in [0.2, 0.25) is 27.8 Å². The molecule has 0 spiro atoms. The lowest BCUT2D eigenvalue weighted by molar-refractivity contribution is 0.211. The summed E-state index contributed by atoms with van der Waals surface area (Å²) in [5, 5.41) is 17.5. The molecule has 0 radical (unpaired) electrons. The molecule has 2 aromatic carbocycles. The molecule has 0 atom stereocenters. The Balaban J connectivity index is 1.32. The molecule has 44 heavy (non-hydrogen) atoms. The summed E-state index contributed by atoms with van der Waals surface area (Å²) in [7, 11) is -3.71. The Morgan fingerprint density at radius 1 is 1.11 bits per heavy atom. The molecule has 3 N–H and O–H groups in total. The van der Waals surface area contributed by atoms with Gasteiger partial charge in [0, 0.05) is 50.2 Å². The molecule has 0 aliphatic carbocycles. The lowest BCUT2D eigenvalue weighted by Crippen LogP contribution is -2.39. The molecular weight excluding hydrogens is 581 g/mol. The van der Waals surface area contributed by atoms with Crippen molar-refractivity contribution in [2.24, 2.45) is 5.14 Å². The van der Waals surface area contributed by atoms with Crippen LogP contribution in [0.2, 0.25) is 0 Å². The average Bonchev–Trinajstić information content (AvgIpc) is 2.99. The molecule has 10 nitrogen and oxygen atoms in total. The molecule has 2 aromatic heterocycles. The molecule has 1 aliphatic rings. The van der Waals surface area contributed by atoms with Crippen LogP contribution in [-0.4, -0.2) is 47.4 Å². The highest BCUT2D eigenvalue weighted by molar-refractivity contribution is 7.89. The second kappa shape index (κ2) is 13.3. The maximum atomic E-state index is 14.0. The Kier molecular flexibility index (Phi) is 9.29. The summed E-state index contributed by atoms with van der Waals surface area (Å²) in [4.78, 5) is 15.3. The lowest BCUT2D eigenvalue weighted by atomic mass is 10.0. The number of nitriles is 1. The summed E-state index contributed by atoms with van der Waals surface area (Å²) in [6, 6.07) is 15.6. The van der Waals surface area contributed by atoms with Crippen LogP contribution in [0, 0.1) is 31.1 Å². The zero-order chi connectivity index (χ0) is 31.3. The van der Waals surface area contributed by atoms with Crippen LogP contribution in [0.25, 0.3) is 17.2 Å². The van der Waals surface area contributed by atoms with Crippen molar-refractivity contribution in [3.63, 3.8) is 0 Å². The highest BCUT2D eigenvalue weighted by Crippen LogP contribution is 2.36. The van der Waals surface area contributed by atoms with Gasteiger partial charge in [-0.1, -0.05) is 12.1 Å². The Bertz CT molecular complexity index is 1810. The minimum atomic E-state index is -3.71. The van der Waals surface area contributed by atoms with E-state index in [1.165, 1.54) is 30.5 Å². The van der Waals surface area contributed by atoms with Gasteiger partial charge in [-0.15, -0.1) is 0 Å². The van der Waals surface area contributed by atoms with Crippen molar-refractivity contribution in [2.45, 2.75) is 44.2 Å². The number of allylic oxidation sites excluding steroid dienone is 1. The lowest BCUT2D eigenvalue weighted by Gasteiger charge is -2.32. The number of primary sulfonamides is 1. The van der Waals surface area contributed by atoms with Crippen molar-refractivity contribution in [2.75, 3.05) is 18.4 Å². The molecule has 0 unspecified atom stereocenters. The number of hydrogen-bond acceptors (Lipinski definition) is 9. The summed E-state index contributed by atoms with van der Waals surface area (Å²) >= 11 is 0. The molecule has 1 aliphatic heterocycles. The summed E-state index contributed by atoms with van der Waals surface area (Å²) < 4.78 is 43.5. The van der Waals surface area contributed by atoms with Crippen LogP contribution in [-0.2, 0) is 16.6 Å². The van der Waals surface area contributed by atoms with E-state index in [0.29, 0.717) is 29.4 Å². The maximum Gasteiger partial charge on any atom is 0.238 e. The molecule has 1 saturated heterocycles. The van der Waals surface area contributed by atoms with Gasteiger partial charge in [-0.25, -0.2) is 23.5 Å². The first-order chi connectivity index (χ1) is 21.1. The van der Waals surface area contributed by atoms with Crippen LogP contribution >= 0.6 is 0 Å². The van der Waals surface area contributed by atoms with Crippen molar-refractivity contribution in [1.82, 2.24) is 19.9 Å². The number of nitrogens with two attached hydrogens (primary N) is 1. The van der Waals surface area contributed by atoms with Gasteiger partial charge >= 0.3 is 0 Å². The second-order valence-corrected chi connectivity index (χ2v) is 12.3. The van der Waals surface area contributed by atoms with E-state index in [-0.39, 0.29) is 16.8 Å². The van der Waals surface area contributed by atoms with Gasteiger partial charge in [-0.2, -0.15) is 14.6 Å². The minimum Gasteiger partial charge on any atom is -0.438 e. The second-order valence-electron chi connectivity index (χ2n) is 10.7. The van der Waals surface area contributed by atoms with Crippen molar-refractivity contribution in [3.05, 3.63) is 95.2 Å². The molecule has 226 valence electrons. The first kappa shape index (κ1) is 30.7. The standard InChI is InChI=1S/C32H32FN7O3S/c1-21-16-24(4-3-12-34)17-22(2)30(21)43-31-28(25-9-13-36-29(33)18-25)19-37-32(39-31)38-26-10-14-40(15-11-26)20-23-5-7-27(8-6-23)44(35,41)42/h3-9,13,16-19,26H,10-11,14-15,20H2,1-2H3,(H2,35,41,42)(H,37,38,39). The smallest absolute Gasteiger partial charge is 0.238 e. The normalized spacial score (nSPS) is 14.4. The molecule has 0 amide bonds. The van der Waals surface area contributed by atoms with Gasteiger partial charge in [-0.3, -0.25) is 4.90 Å². The van der Waals surface area contributed by atoms with Gasteiger partial charge in [-0.05, 0) is 90.9 Å². The number of nitrogens with zero attached hydrogens (tertiary/aromatic N) is 5. The summed E-state index contributed by atoms with van der Waals surface area (Å²) in [6.45, 7) is 6.20. The number of ether oxygens (including phenoxy) is 1. The van der Waals surface area contributed by atoms with Gasteiger partial charge in [0.15, 0.2) is 0 Å². The number of sulfonamides is 1. The third-order valence-electron chi connectivity index (χ3n) is 7.40. The van der Waals surface area contributed by atoms with Crippen molar-refractivity contribution >= 4 is 22.0 Å². The van der Waals surface area contributed by atoms with Crippen molar-refractivity contribution in [1.29, 1.82) is 5.26 Å². The number of anilines is 1. The zero-order valence-electron chi connectivity index (χ0n) is 24.4. The molecule has 0 saturated carbocycles. The van der Waals surface area contributed by atoms with E-state index in [1.807, 2.05) is 32.0 Å². The predicted molar refractivity (Wildman–Crippen MR) is 166 cm³/mol. The molecule has 12 heteroatoms. The first-order valence-electron chi connectivity index (χ1n) is 14.0. The number of aryl methyl sites for hydroxylation is 2. The fourth-order valence-electron chi connectivity index (χ4n) is 5.21. The van der Waals surface area contributed by atoms with Crippen LogP contribution in [0.5, 0.6) is 11.6 Å². The number of rotatable bonds is 9. The SMILES string of the molecule is Cc1cc(C=CC#N)cc(C)c1Oc1nc(NC2CCN(Cc3ccc(S(N)(=O)=O)cc3)CC2)ncc1-c1ccnc(F)c1. The predicted octanol–water partition coefficient (Wildman–Crippen LogP) is 5.35. The Hall–Kier alpha value is -4.70. The fraction of sp³-hybridized carbons (Fsp3) is 0.250. The summed E-state index contributed by atoms with van der Waals surface area (Å²) in [5.74, 6) is 0.674. The highest BCUT2D eigenvalue weighted by Gasteiger charge is 2.22. The van der Waals surface area contributed by atoms with E-state index in [9.17, 15) is 12.8 Å². The third kappa shape index (κ3) is 7.62. The van der Waals surface area contributed by atoms with Gasteiger partial charge in [0.1, 0.15) is 5.75 Å². The van der Waals surface area contributed by atoms with E-state index >= 15 is 0 Å². The monoisotopic (exact) mass is 613 g/mol. The number of piperidine rings is 1. The molecule has 0 bridgehead atoms. The van der Waals surface area contributed by atoms with Crippen LogP contribution in [0.4, 0.5) is 10.3 Å². The zero-order valence-corrected chi connectivity index (χ0v) is 25.2. The molecule has 3 heterocycles. The molecule has 4 aromatic rings. The highest BCUT2D eigenvalue weighted by atomic mass is 32.2. The van der Waals surface area contributed by atoms with Gasteiger partial charge in [0.25, 0.3) is 0 Å². The van der Waals surface area contributed by atoms with Gasteiger partial charge < -0.3 is 10.1 Å². The van der Waals surface area contributed by atoms with E-state index < -0.39 is 16.0 Å². The largest absolute Gasteiger partial charge is 0.438 e. The molecule has 5 rings (SSSR count).